The number of likely N-dealkylation sites (N-methyl/N-ethyl adjacent to an activating group) is 1. The molecule has 0 radical (unpaired) electrons. The molecule has 0 bridgehead atoms. The summed E-state index contributed by atoms with van der Waals surface area (Å²) in [6.07, 6.45) is 1.80. The lowest BCUT2D eigenvalue weighted by Gasteiger charge is -2.36. The molecule has 18 heavy (non-hydrogen) atoms. The van der Waals surface area contributed by atoms with Crippen LogP contribution in [0.2, 0.25) is 0 Å². The van der Waals surface area contributed by atoms with Gasteiger partial charge in [-0.15, -0.1) is 0 Å². The Morgan fingerprint density at radius 3 is 3.11 bits per heavy atom. The summed E-state index contributed by atoms with van der Waals surface area (Å²) in [5.74, 6) is 0. The average molecular weight is 245 g/mol. The van der Waals surface area contributed by atoms with Crippen LogP contribution in [0.4, 0.5) is 0 Å². The maximum atomic E-state index is 6.43. The van der Waals surface area contributed by atoms with E-state index in [0.717, 1.165) is 36.2 Å². The van der Waals surface area contributed by atoms with Crippen LogP contribution in [-0.4, -0.2) is 37.6 Å². The zero-order chi connectivity index (χ0) is 12.5. The van der Waals surface area contributed by atoms with Crippen LogP contribution in [0, 0.1) is 0 Å². The molecule has 4 nitrogen and oxygen atoms in total. The number of para-hydroxylation sites is 1. The van der Waals surface area contributed by atoms with Crippen molar-refractivity contribution in [1.82, 2.24) is 10.2 Å². The Bertz CT molecular complexity index is 537. The second-order valence-corrected chi connectivity index (χ2v) is 4.97. The molecule has 1 saturated heterocycles. The summed E-state index contributed by atoms with van der Waals surface area (Å²) in [6, 6.07) is 8.36. The zero-order valence-electron chi connectivity index (χ0n) is 10.6. The fourth-order valence-corrected chi connectivity index (χ4v) is 2.69. The Labute approximate surface area is 107 Å². The third-order valence-corrected chi connectivity index (χ3v) is 3.85. The highest BCUT2D eigenvalue weighted by Gasteiger charge is 2.27. The Kier molecular flexibility index (Phi) is 3.07. The van der Waals surface area contributed by atoms with Gasteiger partial charge in [0.1, 0.15) is 5.58 Å². The Balaban J connectivity index is 1.93. The van der Waals surface area contributed by atoms with Gasteiger partial charge < -0.3 is 15.5 Å². The molecule has 4 heteroatoms. The van der Waals surface area contributed by atoms with Crippen LogP contribution in [0.15, 0.2) is 34.9 Å². The van der Waals surface area contributed by atoms with Crippen LogP contribution < -0.4 is 11.1 Å². The van der Waals surface area contributed by atoms with Crippen LogP contribution in [0.25, 0.3) is 11.0 Å². The predicted octanol–water partition coefficient (Wildman–Crippen LogP) is 1.34. The molecule has 2 heterocycles. The number of benzene rings is 1. The molecule has 0 aliphatic carbocycles. The molecule has 3 rings (SSSR count). The molecule has 0 amide bonds. The molecule has 1 aromatic carbocycles. The van der Waals surface area contributed by atoms with Crippen LogP contribution in [0.5, 0.6) is 0 Å². The van der Waals surface area contributed by atoms with E-state index in [4.69, 9.17) is 10.2 Å². The number of hydrogen-bond donors (Lipinski definition) is 2. The molecule has 1 aliphatic heterocycles. The molecule has 1 fully saturated rings. The smallest absolute Gasteiger partial charge is 0.134 e. The van der Waals surface area contributed by atoms with Gasteiger partial charge in [0.15, 0.2) is 0 Å². The highest BCUT2D eigenvalue weighted by Crippen LogP contribution is 2.28. The SMILES string of the molecule is CN1CCNCC1C(N)c1coc2ccccc12. The summed E-state index contributed by atoms with van der Waals surface area (Å²) in [5, 5.41) is 4.53. The highest BCUT2D eigenvalue weighted by atomic mass is 16.3. The second-order valence-electron chi connectivity index (χ2n) is 4.97. The van der Waals surface area contributed by atoms with Crippen LogP contribution in [0.1, 0.15) is 11.6 Å². The summed E-state index contributed by atoms with van der Waals surface area (Å²) in [4.78, 5) is 2.32. The Morgan fingerprint density at radius 2 is 2.28 bits per heavy atom. The molecule has 2 aromatic rings. The summed E-state index contributed by atoms with van der Waals surface area (Å²) in [6.45, 7) is 3.00. The van der Waals surface area contributed by atoms with E-state index in [0.29, 0.717) is 6.04 Å². The maximum absolute atomic E-state index is 6.43. The standard InChI is InChI=1S/C14H19N3O/c1-17-7-6-16-8-12(17)14(15)11-9-18-13-5-3-2-4-10(11)13/h2-5,9,12,14,16H,6-8,15H2,1H3. The lowest BCUT2D eigenvalue weighted by Crippen LogP contribution is -2.53. The van der Waals surface area contributed by atoms with Crippen molar-refractivity contribution in [1.29, 1.82) is 0 Å². The van der Waals surface area contributed by atoms with Gasteiger partial charge in [-0.05, 0) is 13.1 Å². The number of nitrogens with one attached hydrogen (secondary N) is 1. The van der Waals surface area contributed by atoms with E-state index in [1.807, 2.05) is 18.2 Å². The summed E-state index contributed by atoms with van der Waals surface area (Å²) < 4.78 is 5.58. The van der Waals surface area contributed by atoms with Crippen molar-refractivity contribution in [3.05, 3.63) is 36.1 Å². The summed E-state index contributed by atoms with van der Waals surface area (Å²) in [7, 11) is 2.13. The Morgan fingerprint density at radius 1 is 1.44 bits per heavy atom. The fourth-order valence-electron chi connectivity index (χ4n) is 2.69. The second kappa shape index (κ2) is 4.72. The van der Waals surface area contributed by atoms with E-state index in [-0.39, 0.29) is 6.04 Å². The number of hydrogen-bond acceptors (Lipinski definition) is 4. The van der Waals surface area contributed by atoms with Crippen molar-refractivity contribution in [3.8, 4) is 0 Å². The van der Waals surface area contributed by atoms with E-state index in [2.05, 4.69) is 23.3 Å². The number of nitrogens with two attached hydrogens (primary N) is 1. The molecule has 2 unspecified atom stereocenters. The van der Waals surface area contributed by atoms with E-state index in [1.54, 1.807) is 6.26 Å². The van der Waals surface area contributed by atoms with Gasteiger partial charge in [0, 0.05) is 36.6 Å². The van der Waals surface area contributed by atoms with Gasteiger partial charge in [0.2, 0.25) is 0 Å². The quantitative estimate of drug-likeness (QED) is 0.838. The van der Waals surface area contributed by atoms with Gasteiger partial charge in [-0.2, -0.15) is 0 Å². The monoisotopic (exact) mass is 245 g/mol. The van der Waals surface area contributed by atoms with Crippen molar-refractivity contribution in [2.24, 2.45) is 5.73 Å². The molecule has 96 valence electrons. The zero-order valence-corrected chi connectivity index (χ0v) is 10.6. The van der Waals surface area contributed by atoms with Gasteiger partial charge in [0.25, 0.3) is 0 Å². The van der Waals surface area contributed by atoms with Crippen molar-refractivity contribution < 1.29 is 4.42 Å². The van der Waals surface area contributed by atoms with Gasteiger partial charge >= 0.3 is 0 Å². The first-order valence-corrected chi connectivity index (χ1v) is 6.40. The number of fused-ring (bicyclic) bond motifs is 1. The van der Waals surface area contributed by atoms with Crippen LogP contribution in [-0.2, 0) is 0 Å². The van der Waals surface area contributed by atoms with Gasteiger partial charge in [0.05, 0.1) is 12.3 Å². The predicted molar refractivity (Wildman–Crippen MR) is 72.4 cm³/mol. The highest BCUT2D eigenvalue weighted by molar-refractivity contribution is 5.81. The van der Waals surface area contributed by atoms with Crippen LogP contribution >= 0.6 is 0 Å². The lowest BCUT2D eigenvalue weighted by atomic mass is 9.97. The molecule has 1 aromatic heterocycles. The normalized spacial score (nSPS) is 23.3. The van der Waals surface area contributed by atoms with E-state index in [1.165, 1.54) is 0 Å². The topological polar surface area (TPSA) is 54.4 Å². The number of furan rings is 1. The number of rotatable bonds is 2. The van der Waals surface area contributed by atoms with Crippen molar-refractivity contribution >= 4 is 11.0 Å². The first-order valence-electron chi connectivity index (χ1n) is 6.40. The molecular weight excluding hydrogens is 226 g/mol. The first-order chi connectivity index (χ1) is 8.77. The molecule has 0 saturated carbocycles. The molecule has 3 N–H and O–H groups in total. The maximum Gasteiger partial charge on any atom is 0.134 e. The Hall–Kier alpha value is -1.36. The minimum Gasteiger partial charge on any atom is -0.464 e. The van der Waals surface area contributed by atoms with E-state index >= 15 is 0 Å². The first kappa shape index (κ1) is 11.7. The molecule has 1 aliphatic rings. The van der Waals surface area contributed by atoms with Crippen molar-refractivity contribution in [2.45, 2.75) is 12.1 Å². The largest absolute Gasteiger partial charge is 0.464 e. The van der Waals surface area contributed by atoms with Crippen molar-refractivity contribution in [3.63, 3.8) is 0 Å². The third kappa shape index (κ3) is 1.92. The average Bonchev–Trinajstić information content (AvgIpc) is 2.82. The molecule has 2 atom stereocenters. The molecule has 0 spiro atoms. The molecular formula is C14H19N3O. The van der Waals surface area contributed by atoms with Gasteiger partial charge in [-0.25, -0.2) is 0 Å². The van der Waals surface area contributed by atoms with Gasteiger partial charge in [-0.1, -0.05) is 18.2 Å². The number of nitrogens with zero attached hydrogens (tertiary/aromatic N) is 1. The van der Waals surface area contributed by atoms with Crippen molar-refractivity contribution in [2.75, 3.05) is 26.7 Å². The van der Waals surface area contributed by atoms with E-state index in [9.17, 15) is 0 Å². The lowest BCUT2D eigenvalue weighted by molar-refractivity contribution is 0.174. The minimum atomic E-state index is -0.0218. The summed E-state index contributed by atoms with van der Waals surface area (Å²) >= 11 is 0. The van der Waals surface area contributed by atoms with Gasteiger partial charge in [-0.3, -0.25) is 4.90 Å². The number of piperazine rings is 1. The summed E-state index contributed by atoms with van der Waals surface area (Å²) in [5.41, 5.74) is 8.44. The third-order valence-electron chi connectivity index (χ3n) is 3.85. The fraction of sp³-hybridized carbons (Fsp3) is 0.429. The minimum absolute atomic E-state index is 0.0218. The van der Waals surface area contributed by atoms with Crippen LogP contribution in [0.3, 0.4) is 0 Å². The van der Waals surface area contributed by atoms with E-state index < -0.39 is 0 Å².